The fraction of sp³-hybridized carbons (Fsp3) is 0.278. The van der Waals surface area contributed by atoms with E-state index in [-0.39, 0.29) is 23.9 Å². The number of phenols is 2. The Morgan fingerprint density at radius 1 is 1.09 bits per heavy atom. The second-order valence-corrected chi connectivity index (χ2v) is 5.15. The lowest BCUT2D eigenvalue weighted by molar-refractivity contribution is 0.0980. The van der Waals surface area contributed by atoms with E-state index < -0.39 is 0 Å². The van der Waals surface area contributed by atoms with E-state index in [4.69, 9.17) is 4.74 Å². The number of ketones is 1. The number of hydrogen-bond donors (Lipinski definition) is 2. The van der Waals surface area contributed by atoms with Gasteiger partial charge in [-0.3, -0.25) is 4.79 Å². The van der Waals surface area contributed by atoms with Crippen LogP contribution in [-0.4, -0.2) is 23.1 Å². The predicted octanol–water partition coefficient (Wildman–Crippen LogP) is 3.45. The van der Waals surface area contributed by atoms with Gasteiger partial charge in [0.2, 0.25) is 0 Å². The maximum Gasteiger partial charge on any atom is 0.162 e. The van der Waals surface area contributed by atoms with Crippen molar-refractivity contribution in [1.82, 2.24) is 0 Å². The number of phenolic OH excluding ortho intramolecular Hbond substituents is 2. The highest BCUT2D eigenvalue weighted by atomic mass is 16.5. The first kappa shape index (κ1) is 16.0. The summed E-state index contributed by atoms with van der Waals surface area (Å²) in [5.74, 6) is 0.158. The highest BCUT2D eigenvalue weighted by Gasteiger charge is 2.13. The molecule has 0 fully saturated rings. The molecular weight excluding hydrogens is 280 g/mol. The number of ether oxygens (including phenoxy) is 1. The third-order valence-corrected chi connectivity index (χ3v) is 3.57. The van der Waals surface area contributed by atoms with Gasteiger partial charge in [-0.15, -0.1) is 0 Å². The number of benzene rings is 2. The Bertz CT molecular complexity index is 635. The lowest BCUT2D eigenvalue weighted by Gasteiger charge is -2.11. The Kier molecular flexibility index (Phi) is 5.55. The number of rotatable bonds is 7. The molecule has 0 spiro atoms. The Morgan fingerprint density at radius 2 is 1.82 bits per heavy atom. The van der Waals surface area contributed by atoms with Gasteiger partial charge in [0.05, 0.1) is 6.61 Å². The maximum atomic E-state index is 12.0. The van der Waals surface area contributed by atoms with E-state index in [1.807, 2.05) is 18.2 Å². The molecule has 0 atom stereocenters. The summed E-state index contributed by atoms with van der Waals surface area (Å²) >= 11 is 0. The van der Waals surface area contributed by atoms with Gasteiger partial charge < -0.3 is 14.9 Å². The van der Waals surface area contributed by atoms with Crippen LogP contribution in [0.3, 0.4) is 0 Å². The molecule has 0 aromatic heterocycles. The Morgan fingerprint density at radius 3 is 2.50 bits per heavy atom. The van der Waals surface area contributed by atoms with E-state index in [0.29, 0.717) is 36.0 Å². The Balaban J connectivity index is 2.00. The Labute approximate surface area is 130 Å². The third-order valence-electron chi connectivity index (χ3n) is 3.57. The standard InChI is InChI=1S/C18H20O4/c1-22-12-14-10-11-17(20)15(18(14)21)8-5-9-16(19)13-6-3-2-4-7-13/h2-4,6-7,10-11,20-21H,5,8-9,12H2,1H3. The summed E-state index contributed by atoms with van der Waals surface area (Å²) in [5.41, 5.74) is 1.78. The van der Waals surface area contributed by atoms with Crippen LogP contribution in [0.15, 0.2) is 42.5 Å². The van der Waals surface area contributed by atoms with Crippen LogP contribution in [0.5, 0.6) is 11.5 Å². The molecule has 0 aliphatic carbocycles. The van der Waals surface area contributed by atoms with E-state index in [1.165, 1.54) is 0 Å². The molecule has 0 radical (unpaired) electrons. The van der Waals surface area contributed by atoms with Gasteiger partial charge in [0.25, 0.3) is 0 Å². The first-order chi connectivity index (χ1) is 10.6. The number of hydrogen-bond acceptors (Lipinski definition) is 4. The van der Waals surface area contributed by atoms with E-state index >= 15 is 0 Å². The number of methoxy groups -OCH3 is 1. The SMILES string of the molecule is COCc1ccc(O)c(CCCC(=O)c2ccccc2)c1O. The molecule has 0 aliphatic heterocycles. The summed E-state index contributed by atoms with van der Waals surface area (Å²) in [6, 6.07) is 12.3. The van der Waals surface area contributed by atoms with Crippen LogP contribution in [0.1, 0.15) is 34.3 Å². The van der Waals surface area contributed by atoms with Gasteiger partial charge >= 0.3 is 0 Å². The first-order valence-electron chi connectivity index (χ1n) is 7.23. The zero-order valence-corrected chi connectivity index (χ0v) is 12.6. The predicted molar refractivity (Wildman–Crippen MR) is 84.2 cm³/mol. The molecule has 4 nitrogen and oxygen atoms in total. The third kappa shape index (κ3) is 3.86. The molecule has 116 valence electrons. The average Bonchev–Trinajstić information content (AvgIpc) is 2.54. The number of carbonyl (C=O) groups is 1. The van der Waals surface area contributed by atoms with Crippen molar-refractivity contribution in [2.24, 2.45) is 0 Å². The molecule has 0 saturated heterocycles. The second-order valence-electron chi connectivity index (χ2n) is 5.15. The minimum absolute atomic E-state index is 0.0458. The van der Waals surface area contributed by atoms with Crippen molar-refractivity contribution in [3.8, 4) is 11.5 Å². The summed E-state index contributed by atoms with van der Waals surface area (Å²) in [4.78, 5) is 12.0. The van der Waals surface area contributed by atoms with Crippen LogP contribution >= 0.6 is 0 Å². The molecule has 0 unspecified atom stereocenters. The maximum absolute atomic E-state index is 12.0. The molecule has 0 heterocycles. The van der Waals surface area contributed by atoms with Gasteiger partial charge in [0.1, 0.15) is 11.5 Å². The van der Waals surface area contributed by atoms with Crippen molar-refractivity contribution < 1.29 is 19.7 Å². The van der Waals surface area contributed by atoms with Gasteiger partial charge in [-0.05, 0) is 25.0 Å². The summed E-state index contributed by atoms with van der Waals surface area (Å²) in [7, 11) is 1.55. The van der Waals surface area contributed by atoms with Crippen molar-refractivity contribution in [3.05, 3.63) is 59.2 Å². The lowest BCUT2D eigenvalue weighted by Crippen LogP contribution is -2.00. The molecule has 0 aliphatic rings. The topological polar surface area (TPSA) is 66.8 Å². The summed E-state index contributed by atoms with van der Waals surface area (Å²) in [6.07, 6.45) is 1.37. The fourth-order valence-electron chi connectivity index (χ4n) is 2.39. The number of Topliss-reactive ketones (excluding diaryl/α,β-unsaturated/α-hetero) is 1. The van der Waals surface area contributed by atoms with Crippen LogP contribution in [0, 0.1) is 0 Å². The van der Waals surface area contributed by atoms with Crippen LogP contribution in [-0.2, 0) is 17.8 Å². The van der Waals surface area contributed by atoms with E-state index in [1.54, 1.807) is 31.4 Å². The van der Waals surface area contributed by atoms with Gasteiger partial charge in [-0.1, -0.05) is 30.3 Å². The average molecular weight is 300 g/mol. The molecule has 2 aromatic rings. The summed E-state index contributed by atoms with van der Waals surface area (Å²) in [5, 5.41) is 20.0. The summed E-state index contributed by atoms with van der Waals surface area (Å²) < 4.78 is 5.01. The van der Waals surface area contributed by atoms with Crippen molar-refractivity contribution in [3.63, 3.8) is 0 Å². The smallest absolute Gasteiger partial charge is 0.162 e. The van der Waals surface area contributed by atoms with Gasteiger partial charge in [-0.2, -0.15) is 0 Å². The monoisotopic (exact) mass is 300 g/mol. The van der Waals surface area contributed by atoms with Crippen LogP contribution in [0.4, 0.5) is 0 Å². The van der Waals surface area contributed by atoms with E-state index in [0.717, 1.165) is 0 Å². The van der Waals surface area contributed by atoms with Gasteiger partial charge in [0, 0.05) is 30.2 Å². The van der Waals surface area contributed by atoms with Gasteiger partial charge in [-0.25, -0.2) is 0 Å². The van der Waals surface area contributed by atoms with Gasteiger partial charge in [0.15, 0.2) is 5.78 Å². The quantitative estimate of drug-likeness (QED) is 0.769. The largest absolute Gasteiger partial charge is 0.508 e. The molecular formula is C18H20O4. The molecule has 4 heteroatoms. The highest BCUT2D eigenvalue weighted by molar-refractivity contribution is 5.95. The normalized spacial score (nSPS) is 10.6. The molecule has 2 aromatic carbocycles. The highest BCUT2D eigenvalue weighted by Crippen LogP contribution is 2.32. The minimum Gasteiger partial charge on any atom is -0.508 e. The summed E-state index contributed by atoms with van der Waals surface area (Å²) in [6.45, 7) is 0.280. The number of carbonyl (C=O) groups excluding carboxylic acids is 1. The lowest BCUT2D eigenvalue weighted by atomic mass is 9.99. The zero-order chi connectivity index (χ0) is 15.9. The molecule has 2 rings (SSSR count). The van der Waals surface area contributed by atoms with E-state index in [9.17, 15) is 15.0 Å². The molecule has 0 amide bonds. The van der Waals surface area contributed by atoms with E-state index in [2.05, 4.69) is 0 Å². The van der Waals surface area contributed by atoms with Crippen LogP contribution in [0.25, 0.3) is 0 Å². The first-order valence-corrected chi connectivity index (χ1v) is 7.23. The Hall–Kier alpha value is -2.33. The fourth-order valence-corrected chi connectivity index (χ4v) is 2.39. The second kappa shape index (κ2) is 7.61. The van der Waals surface area contributed by atoms with Crippen molar-refractivity contribution in [2.45, 2.75) is 25.9 Å². The van der Waals surface area contributed by atoms with Crippen LogP contribution in [0.2, 0.25) is 0 Å². The van der Waals surface area contributed by atoms with Crippen molar-refractivity contribution >= 4 is 5.78 Å². The number of aromatic hydroxyl groups is 2. The van der Waals surface area contributed by atoms with Crippen LogP contribution < -0.4 is 0 Å². The van der Waals surface area contributed by atoms with Crippen molar-refractivity contribution in [2.75, 3.05) is 7.11 Å². The molecule has 0 bridgehead atoms. The minimum atomic E-state index is 0.0458. The molecule has 2 N–H and O–H groups in total. The molecule has 0 saturated carbocycles. The zero-order valence-electron chi connectivity index (χ0n) is 12.6. The van der Waals surface area contributed by atoms with Crippen molar-refractivity contribution in [1.29, 1.82) is 0 Å². The molecule has 22 heavy (non-hydrogen) atoms.